The van der Waals surface area contributed by atoms with Crippen LogP contribution in [0.3, 0.4) is 0 Å². The zero-order chi connectivity index (χ0) is 18.6. The Balaban J connectivity index is 2.01. The Labute approximate surface area is 148 Å². The van der Waals surface area contributed by atoms with Crippen molar-refractivity contribution in [2.75, 3.05) is 13.1 Å². The average Bonchev–Trinajstić information content (AvgIpc) is 2.53. The van der Waals surface area contributed by atoms with Crippen molar-refractivity contribution >= 4 is 21.9 Å². The summed E-state index contributed by atoms with van der Waals surface area (Å²) in [5.41, 5.74) is 0.431. The number of hydrogen-bond acceptors (Lipinski definition) is 4. The lowest BCUT2D eigenvalue weighted by Crippen LogP contribution is -2.39. The number of carboxylic acid groups (broad SMARTS) is 1. The van der Waals surface area contributed by atoms with Gasteiger partial charge < -0.3 is 10.0 Å². The third-order valence-corrected chi connectivity index (χ3v) is 5.84. The van der Waals surface area contributed by atoms with Crippen LogP contribution < -0.4 is 4.72 Å². The highest BCUT2D eigenvalue weighted by molar-refractivity contribution is 7.89. The average molecular weight is 368 g/mol. The lowest BCUT2D eigenvalue weighted by Gasteiger charge is -2.31. The van der Waals surface area contributed by atoms with E-state index in [0.717, 1.165) is 0 Å². The molecule has 0 bridgehead atoms. The van der Waals surface area contributed by atoms with Gasteiger partial charge >= 0.3 is 5.97 Å². The maximum Gasteiger partial charge on any atom is 0.303 e. The minimum Gasteiger partial charge on any atom is -0.481 e. The van der Waals surface area contributed by atoms with Crippen molar-refractivity contribution in [3.05, 3.63) is 29.8 Å². The molecule has 0 saturated carbocycles. The molecule has 1 amide bonds. The highest BCUT2D eigenvalue weighted by Gasteiger charge is 2.25. The van der Waals surface area contributed by atoms with Gasteiger partial charge in [-0.25, -0.2) is 13.1 Å². The number of aliphatic carboxylic acids is 1. The first-order chi connectivity index (χ1) is 11.7. The van der Waals surface area contributed by atoms with E-state index < -0.39 is 16.0 Å². The summed E-state index contributed by atoms with van der Waals surface area (Å²) in [6.45, 7) is 4.52. The van der Waals surface area contributed by atoms with Gasteiger partial charge in [-0.05, 0) is 56.9 Å². The predicted molar refractivity (Wildman–Crippen MR) is 92.8 cm³/mol. The third kappa shape index (κ3) is 5.27. The van der Waals surface area contributed by atoms with Crippen molar-refractivity contribution in [3.63, 3.8) is 0 Å². The fourth-order valence-electron chi connectivity index (χ4n) is 2.92. The smallest absolute Gasteiger partial charge is 0.303 e. The molecule has 1 aromatic carbocycles. The Bertz CT molecular complexity index is 720. The van der Waals surface area contributed by atoms with Gasteiger partial charge in [0.05, 0.1) is 4.90 Å². The summed E-state index contributed by atoms with van der Waals surface area (Å²) < 4.78 is 26.7. The second kappa shape index (κ2) is 7.97. The largest absolute Gasteiger partial charge is 0.481 e. The van der Waals surface area contributed by atoms with E-state index in [1.807, 2.05) is 0 Å². The number of piperidine rings is 1. The highest BCUT2D eigenvalue weighted by Crippen LogP contribution is 2.22. The minimum absolute atomic E-state index is 0.108. The molecule has 0 radical (unpaired) electrons. The van der Waals surface area contributed by atoms with E-state index in [-0.39, 0.29) is 29.2 Å². The Morgan fingerprint density at radius 3 is 2.24 bits per heavy atom. The van der Waals surface area contributed by atoms with Gasteiger partial charge in [0.15, 0.2) is 0 Å². The molecule has 1 heterocycles. The molecule has 7 nitrogen and oxygen atoms in total. The number of likely N-dealkylation sites (tertiary alicyclic amines) is 1. The van der Waals surface area contributed by atoms with Gasteiger partial charge in [-0.1, -0.05) is 0 Å². The Morgan fingerprint density at radius 1 is 1.20 bits per heavy atom. The quantitative estimate of drug-likeness (QED) is 0.795. The normalized spacial score (nSPS) is 16.2. The predicted octanol–water partition coefficient (Wildman–Crippen LogP) is 1.70. The number of nitrogens with one attached hydrogen (secondary N) is 1. The Kier molecular flexibility index (Phi) is 6.18. The molecule has 1 aliphatic rings. The molecular weight excluding hydrogens is 344 g/mol. The fraction of sp³-hybridized carbons (Fsp3) is 0.529. The van der Waals surface area contributed by atoms with Gasteiger partial charge in [-0.2, -0.15) is 0 Å². The van der Waals surface area contributed by atoms with Crippen LogP contribution >= 0.6 is 0 Å². The molecule has 1 aliphatic heterocycles. The van der Waals surface area contributed by atoms with E-state index in [9.17, 15) is 18.0 Å². The van der Waals surface area contributed by atoms with Gasteiger partial charge in [0.2, 0.25) is 10.0 Å². The van der Waals surface area contributed by atoms with Crippen LogP contribution in [0, 0.1) is 5.92 Å². The number of amides is 1. The van der Waals surface area contributed by atoms with Crippen LogP contribution in [0.2, 0.25) is 0 Å². The summed E-state index contributed by atoms with van der Waals surface area (Å²) in [6.07, 6.45) is 1.48. The molecular formula is C17H24N2O5S. The molecule has 1 saturated heterocycles. The van der Waals surface area contributed by atoms with Gasteiger partial charge in [0.1, 0.15) is 0 Å². The standard InChI is InChI=1S/C17H24N2O5S/c1-12(2)18-25(23,24)15-5-3-14(4-6-15)17(22)19-9-7-13(8-10-19)11-16(20)21/h3-6,12-13,18H,7-11H2,1-2H3,(H,20,21). The van der Waals surface area contributed by atoms with Crippen LogP contribution in [0.4, 0.5) is 0 Å². The van der Waals surface area contributed by atoms with E-state index in [0.29, 0.717) is 31.5 Å². The first kappa shape index (κ1) is 19.4. The number of benzene rings is 1. The molecule has 0 unspecified atom stereocenters. The molecule has 8 heteroatoms. The second-order valence-corrected chi connectivity index (χ2v) is 8.35. The van der Waals surface area contributed by atoms with Gasteiger partial charge in [0, 0.05) is 31.1 Å². The van der Waals surface area contributed by atoms with E-state index in [1.165, 1.54) is 24.3 Å². The summed E-state index contributed by atoms with van der Waals surface area (Å²) in [5.74, 6) is -0.859. The molecule has 138 valence electrons. The minimum atomic E-state index is -3.58. The van der Waals surface area contributed by atoms with E-state index in [4.69, 9.17) is 5.11 Å². The molecule has 25 heavy (non-hydrogen) atoms. The van der Waals surface area contributed by atoms with Crippen LogP contribution in [0.1, 0.15) is 43.5 Å². The van der Waals surface area contributed by atoms with E-state index in [2.05, 4.69) is 4.72 Å². The molecule has 1 aromatic rings. The van der Waals surface area contributed by atoms with Crippen molar-refractivity contribution in [1.29, 1.82) is 0 Å². The first-order valence-corrected chi connectivity index (χ1v) is 9.81. The van der Waals surface area contributed by atoms with Crippen LogP contribution in [0.25, 0.3) is 0 Å². The summed E-state index contributed by atoms with van der Waals surface area (Å²) in [4.78, 5) is 25.1. The molecule has 2 N–H and O–H groups in total. The molecule has 0 atom stereocenters. The maximum absolute atomic E-state index is 12.5. The fourth-order valence-corrected chi connectivity index (χ4v) is 4.18. The summed E-state index contributed by atoms with van der Waals surface area (Å²) in [5, 5.41) is 8.83. The van der Waals surface area contributed by atoms with Gasteiger partial charge in [-0.3, -0.25) is 9.59 Å². The van der Waals surface area contributed by atoms with E-state index >= 15 is 0 Å². The second-order valence-electron chi connectivity index (χ2n) is 6.63. The zero-order valence-corrected chi connectivity index (χ0v) is 15.3. The van der Waals surface area contributed by atoms with Gasteiger partial charge in [-0.15, -0.1) is 0 Å². The number of nitrogens with zero attached hydrogens (tertiary/aromatic N) is 1. The van der Waals surface area contributed by atoms with Crippen LogP contribution in [-0.2, 0) is 14.8 Å². The summed E-state index contributed by atoms with van der Waals surface area (Å²) >= 11 is 0. The molecule has 0 aliphatic carbocycles. The van der Waals surface area contributed by atoms with Crippen LogP contribution in [-0.4, -0.2) is 49.4 Å². The summed E-state index contributed by atoms with van der Waals surface area (Å²) in [6, 6.07) is 5.67. The Morgan fingerprint density at radius 2 is 1.76 bits per heavy atom. The van der Waals surface area contributed by atoms with Crippen LogP contribution in [0.15, 0.2) is 29.2 Å². The van der Waals surface area contributed by atoms with Gasteiger partial charge in [0.25, 0.3) is 5.91 Å². The van der Waals surface area contributed by atoms with E-state index in [1.54, 1.807) is 18.7 Å². The van der Waals surface area contributed by atoms with Crippen molar-refractivity contribution in [3.8, 4) is 0 Å². The lowest BCUT2D eigenvalue weighted by atomic mass is 9.93. The van der Waals surface area contributed by atoms with Crippen molar-refractivity contribution in [2.24, 2.45) is 5.92 Å². The highest BCUT2D eigenvalue weighted by atomic mass is 32.2. The summed E-state index contributed by atoms with van der Waals surface area (Å²) in [7, 11) is -3.58. The molecule has 0 aromatic heterocycles. The molecule has 1 fully saturated rings. The Hall–Kier alpha value is -1.93. The molecule has 2 rings (SSSR count). The topological polar surface area (TPSA) is 104 Å². The van der Waals surface area contributed by atoms with Crippen molar-refractivity contribution in [2.45, 2.75) is 44.0 Å². The number of carboxylic acids is 1. The number of sulfonamides is 1. The zero-order valence-electron chi connectivity index (χ0n) is 14.4. The first-order valence-electron chi connectivity index (χ1n) is 8.32. The number of hydrogen-bond donors (Lipinski definition) is 2. The number of rotatable bonds is 6. The SMILES string of the molecule is CC(C)NS(=O)(=O)c1ccc(C(=O)N2CCC(CC(=O)O)CC2)cc1. The number of carbonyl (C=O) groups is 2. The molecule has 0 spiro atoms. The number of carbonyl (C=O) groups excluding carboxylic acids is 1. The maximum atomic E-state index is 12.5. The van der Waals surface area contributed by atoms with Crippen molar-refractivity contribution in [1.82, 2.24) is 9.62 Å². The van der Waals surface area contributed by atoms with Crippen molar-refractivity contribution < 1.29 is 23.1 Å². The van der Waals surface area contributed by atoms with Crippen LogP contribution in [0.5, 0.6) is 0 Å². The monoisotopic (exact) mass is 368 g/mol. The third-order valence-electron chi connectivity index (χ3n) is 4.17. The lowest BCUT2D eigenvalue weighted by molar-refractivity contribution is -0.138.